The summed E-state index contributed by atoms with van der Waals surface area (Å²) in [5.41, 5.74) is 0.441. The maximum atomic E-state index is 11.2. The van der Waals surface area contributed by atoms with Gasteiger partial charge in [-0.05, 0) is 12.3 Å². The fraction of sp³-hybridized carbons (Fsp3) is 0.556. The van der Waals surface area contributed by atoms with Crippen LogP contribution in [0.1, 0.15) is 21.9 Å². The molecule has 0 bridgehead atoms. The summed E-state index contributed by atoms with van der Waals surface area (Å²) in [5, 5.41) is 2.56. The van der Waals surface area contributed by atoms with Crippen LogP contribution in [0, 0.1) is 5.92 Å². The molecule has 1 aromatic rings. The van der Waals surface area contributed by atoms with Gasteiger partial charge in [-0.1, -0.05) is 0 Å². The molecular weight excluding hydrogens is 234 g/mol. The second-order valence-corrected chi connectivity index (χ2v) is 6.93. The lowest BCUT2D eigenvalue weighted by Crippen LogP contribution is -2.07. The molecule has 1 saturated heterocycles. The van der Waals surface area contributed by atoms with Gasteiger partial charge in [0.2, 0.25) is 0 Å². The van der Waals surface area contributed by atoms with E-state index in [0.29, 0.717) is 24.2 Å². The molecule has 0 spiro atoms. The van der Waals surface area contributed by atoms with Crippen LogP contribution in [0.4, 0.5) is 0 Å². The van der Waals surface area contributed by atoms with Gasteiger partial charge in [-0.15, -0.1) is 11.3 Å². The second-order valence-electron chi connectivity index (χ2n) is 3.76. The Morgan fingerprint density at radius 2 is 2.40 bits per heavy atom. The van der Waals surface area contributed by atoms with E-state index in [1.165, 1.54) is 11.3 Å². The maximum Gasteiger partial charge on any atom is 0.169 e. The van der Waals surface area contributed by atoms with Gasteiger partial charge in [-0.25, -0.2) is 13.4 Å². The molecule has 0 aromatic carbocycles. The quantitative estimate of drug-likeness (QED) is 0.743. The van der Waals surface area contributed by atoms with Crippen LogP contribution in [0.5, 0.6) is 0 Å². The molecule has 6 heteroatoms. The van der Waals surface area contributed by atoms with E-state index in [0.717, 1.165) is 11.4 Å². The van der Waals surface area contributed by atoms with E-state index in [1.54, 1.807) is 5.38 Å². The molecular formula is C9H11NO3S2. The van der Waals surface area contributed by atoms with Crippen LogP contribution >= 0.6 is 11.3 Å². The number of aromatic nitrogens is 1. The van der Waals surface area contributed by atoms with Crippen molar-refractivity contribution < 1.29 is 13.2 Å². The van der Waals surface area contributed by atoms with Crippen LogP contribution in [-0.4, -0.2) is 31.2 Å². The summed E-state index contributed by atoms with van der Waals surface area (Å²) >= 11 is 1.42. The largest absolute Gasteiger partial charge is 0.296 e. The Labute approximate surface area is 92.3 Å². The number of carbonyl (C=O) groups excluding carboxylic acids is 1. The van der Waals surface area contributed by atoms with Gasteiger partial charge in [0.1, 0.15) is 5.69 Å². The fourth-order valence-corrected chi connectivity index (χ4v) is 4.47. The van der Waals surface area contributed by atoms with Crippen LogP contribution < -0.4 is 0 Å². The van der Waals surface area contributed by atoms with Crippen molar-refractivity contribution in [2.45, 2.75) is 12.8 Å². The third-order valence-corrected chi connectivity index (χ3v) is 5.21. The molecule has 1 unspecified atom stereocenters. The van der Waals surface area contributed by atoms with Gasteiger partial charge in [0.05, 0.1) is 16.5 Å². The Hall–Kier alpha value is -0.750. The second kappa shape index (κ2) is 4.02. The minimum Gasteiger partial charge on any atom is -0.296 e. The van der Waals surface area contributed by atoms with E-state index in [1.807, 2.05) is 0 Å². The molecule has 1 atom stereocenters. The van der Waals surface area contributed by atoms with E-state index in [4.69, 9.17) is 0 Å². The smallest absolute Gasteiger partial charge is 0.169 e. The van der Waals surface area contributed by atoms with Gasteiger partial charge in [-0.2, -0.15) is 0 Å². The monoisotopic (exact) mass is 245 g/mol. The predicted molar refractivity (Wildman–Crippen MR) is 58.0 cm³/mol. The van der Waals surface area contributed by atoms with E-state index in [9.17, 15) is 13.2 Å². The normalized spacial score (nSPS) is 24.1. The summed E-state index contributed by atoms with van der Waals surface area (Å²) in [5.74, 6) is 0.743. The van der Waals surface area contributed by atoms with Crippen LogP contribution in [0.3, 0.4) is 0 Å². The summed E-state index contributed by atoms with van der Waals surface area (Å²) in [6.07, 6.45) is 2.11. The number of thiazole rings is 1. The molecule has 0 aliphatic carbocycles. The predicted octanol–water partition coefficient (Wildman–Crippen LogP) is 0.933. The first-order valence-electron chi connectivity index (χ1n) is 4.69. The van der Waals surface area contributed by atoms with E-state index < -0.39 is 9.84 Å². The SMILES string of the molecule is O=Cc1csc(CC2CCS(=O)(=O)C2)n1. The highest BCUT2D eigenvalue weighted by atomic mass is 32.2. The van der Waals surface area contributed by atoms with Crippen molar-refractivity contribution in [3.8, 4) is 0 Å². The maximum absolute atomic E-state index is 11.2. The lowest BCUT2D eigenvalue weighted by molar-refractivity contribution is 0.111. The lowest BCUT2D eigenvalue weighted by Gasteiger charge is -2.02. The average molecular weight is 245 g/mol. The number of sulfone groups is 1. The van der Waals surface area contributed by atoms with Crippen molar-refractivity contribution in [1.29, 1.82) is 0 Å². The number of aldehydes is 1. The fourth-order valence-electron chi connectivity index (χ4n) is 1.75. The van der Waals surface area contributed by atoms with Crippen molar-refractivity contribution in [2.75, 3.05) is 11.5 Å². The molecule has 0 amide bonds. The zero-order valence-corrected chi connectivity index (χ0v) is 9.68. The van der Waals surface area contributed by atoms with Crippen molar-refractivity contribution >= 4 is 27.5 Å². The van der Waals surface area contributed by atoms with Gasteiger partial charge in [0.25, 0.3) is 0 Å². The summed E-state index contributed by atoms with van der Waals surface area (Å²) in [6.45, 7) is 0. The molecule has 4 nitrogen and oxygen atoms in total. The van der Waals surface area contributed by atoms with Gasteiger partial charge in [0.15, 0.2) is 16.1 Å². The minimum atomic E-state index is -2.81. The molecule has 1 aliphatic rings. The third kappa shape index (κ3) is 2.63. The number of rotatable bonds is 3. The van der Waals surface area contributed by atoms with Crippen LogP contribution in [0.2, 0.25) is 0 Å². The molecule has 1 aromatic heterocycles. The molecule has 2 rings (SSSR count). The van der Waals surface area contributed by atoms with Gasteiger partial charge < -0.3 is 0 Å². The zero-order chi connectivity index (χ0) is 10.9. The molecule has 0 N–H and O–H groups in total. The molecule has 15 heavy (non-hydrogen) atoms. The van der Waals surface area contributed by atoms with E-state index in [-0.39, 0.29) is 11.7 Å². The summed E-state index contributed by atoms with van der Waals surface area (Å²) in [4.78, 5) is 14.5. The molecule has 2 heterocycles. The van der Waals surface area contributed by atoms with E-state index in [2.05, 4.69) is 4.98 Å². The van der Waals surface area contributed by atoms with Crippen molar-refractivity contribution in [3.63, 3.8) is 0 Å². The van der Waals surface area contributed by atoms with Gasteiger partial charge in [0, 0.05) is 11.8 Å². The highest BCUT2D eigenvalue weighted by Gasteiger charge is 2.28. The number of nitrogens with zero attached hydrogens (tertiary/aromatic N) is 1. The van der Waals surface area contributed by atoms with Gasteiger partial charge in [-0.3, -0.25) is 4.79 Å². The first-order valence-corrected chi connectivity index (χ1v) is 7.39. The standard InChI is InChI=1S/C9H11NO3S2/c11-4-8-5-14-9(10-8)3-7-1-2-15(12,13)6-7/h4-5,7H,1-3,6H2. The summed E-state index contributed by atoms with van der Waals surface area (Å²) < 4.78 is 22.4. The van der Waals surface area contributed by atoms with Crippen LogP contribution in [0.25, 0.3) is 0 Å². The third-order valence-electron chi connectivity index (χ3n) is 2.48. The Bertz CT molecular complexity index is 463. The lowest BCUT2D eigenvalue weighted by atomic mass is 10.1. The van der Waals surface area contributed by atoms with Crippen molar-refractivity contribution in [3.05, 3.63) is 16.1 Å². The summed E-state index contributed by atoms with van der Waals surface area (Å²) in [7, 11) is -2.81. The highest BCUT2D eigenvalue weighted by molar-refractivity contribution is 7.91. The topological polar surface area (TPSA) is 64.1 Å². The first-order chi connectivity index (χ1) is 7.09. The zero-order valence-electron chi connectivity index (χ0n) is 8.05. The molecule has 1 aliphatic heterocycles. The number of hydrogen-bond donors (Lipinski definition) is 0. The van der Waals surface area contributed by atoms with E-state index >= 15 is 0 Å². The average Bonchev–Trinajstić information content (AvgIpc) is 2.73. The minimum absolute atomic E-state index is 0.181. The molecule has 1 fully saturated rings. The Morgan fingerprint density at radius 3 is 2.93 bits per heavy atom. The number of hydrogen-bond acceptors (Lipinski definition) is 5. The Balaban J connectivity index is 2.01. The Kier molecular flexibility index (Phi) is 2.88. The summed E-state index contributed by atoms with van der Waals surface area (Å²) in [6, 6.07) is 0. The first kappa shape index (κ1) is 10.8. The molecule has 0 radical (unpaired) electrons. The molecule has 82 valence electrons. The Morgan fingerprint density at radius 1 is 1.60 bits per heavy atom. The van der Waals surface area contributed by atoms with Crippen molar-refractivity contribution in [2.24, 2.45) is 5.92 Å². The number of carbonyl (C=O) groups is 1. The van der Waals surface area contributed by atoms with Crippen molar-refractivity contribution in [1.82, 2.24) is 4.98 Å². The van der Waals surface area contributed by atoms with Crippen LogP contribution in [0.15, 0.2) is 5.38 Å². The van der Waals surface area contributed by atoms with Gasteiger partial charge >= 0.3 is 0 Å². The van der Waals surface area contributed by atoms with Crippen LogP contribution in [-0.2, 0) is 16.3 Å². The molecule has 0 saturated carbocycles. The highest BCUT2D eigenvalue weighted by Crippen LogP contribution is 2.23.